The summed E-state index contributed by atoms with van der Waals surface area (Å²) in [7, 11) is 0. The van der Waals surface area contributed by atoms with Gasteiger partial charge < -0.3 is 11.1 Å². The van der Waals surface area contributed by atoms with E-state index in [1.807, 2.05) is 6.92 Å². The SMILES string of the molecule is CC(CN)C(C)NC(=O)C1CCCCC1C(F)(F)F. The number of nitrogens with one attached hydrogen (secondary N) is 1. The van der Waals surface area contributed by atoms with E-state index in [1.165, 1.54) is 0 Å². The molecule has 4 unspecified atom stereocenters. The smallest absolute Gasteiger partial charge is 0.353 e. The Morgan fingerprint density at radius 3 is 2.42 bits per heavy atom. The maximum Gasteiger partial charge on any atom is 0.392 e. The largest absolute Gasteiger partial charge is 0.392 e. The van der Waals surface area contributed by atoms with Gasteiger partial charge in [0.25, 0.3) is 0 Å². The van der Waals surface area contributed by atoms with Crippen molar-refractivity contribution in [3.05, 3.63) is 0 Å². The lowest BCUT2D eigenvalue weighted by Gasteiger charge is -2.33. The number of carbonyl (C=O) groups is 1. The van der Waals surface area contributed by atoms with Crippen molar-refractivity contribution in [1.82, 2.24) is 5.32 Å². The molecule has 0 saturated heterocycles. The summed E-state index contributed by atoms with van der Waals surface area (Å²) in [5.41, 5.74) is 5.49. The lowest BCUT2D eigenvalue weighted by molar-refractivity contribution is -0.198. The average molecular weight is 280 g/mol. The van der Waals surface area contributed by atoms with E-state index < -0.39 is 23.9 Å². The Bertz CT molecular complexity index is 307. The molecule has 19 heavy (non-hydrogen) atoms. The molecule has 0 aromatic heterocycles. The number of hydrogen-bond donors (Lipinski definition) is 2. The highest BCUT2D eigenvalue weighted by Gasteiger charge is 2.48. The normalized spacial score (nSPS) is 27.7. The lowest BCUT2D eigenvalue weighted by atomic mass is 9.78. The van der Waals surface area contributed by atoms with Crippen LogP contribution in [-0.4, -0.2) is 24.7 Å². The van der Waals surface area contributed by atoms with Gasteiger partial charge in [-0.15, -0.1) is 0 Å². The van der Waals surface area contributed by atoms with Crippen LogP contribution in [0.2, 0.25) is 0 Å². The standard InChI is InChI=1S/C13H23F3N2O/c1-8(7-17)9(2)18-12(19)10-5-3-4-6-11(10)13(14,15)16/h8-11H,3-7,17H2,1-2H3,(H,18,19). The molecular weight excluding hydrogens is 257 g/mol. The van der Waals surface area contributed by atoms with Crippen LogP contribution in [0, 0.1) is 17.8 Å². The van der Waals surface area contributed by atoms with Crippen molar-refractivity contribution >= 4 is 5.91 Å². The Morgan fingerprint density at radius 1 is 1.32 bits per heavy atom. The van der Waals surface area contributed by atoms with Crippen molar-refractivity contribution < 1.29 is 18.0 Å². The van der Waals surface area contributed by atoms with E-state index >= 15 is 0 Å². The number of carbonyl (C=O) groups excluding carboxylic acids is 1. The summed E-state index contributed by atoms with van der Waals surface area (Å²) in [5.74, 6) is -2.87. The minimum Gasteiger partial charge on any atom is -0.353 e. The summed E-state index contributed by atoms with van der Waals surface area (Å²) in [6.45, 7) is 4.04. The molecule has 6 heteroatoms. The van der Waals surface area contributed by atoms with Gasteiger partial charge in [0, 0.05) is 12.0 Å². The van der Waals surface area contributed by atoms with Gasteiger partial charge in [-0.2, -0.15) is 13.2 Å². The molecule has 3 N–H and O–H groups in total. The average Bonchev–Trinajstić information content (AvgIpc) is 2.36. The van der Waals surface area contributed by atoms with Crippen LogP contribution >= 0.6 is 0 Å². The summed E-state index contributed by atoms with van der Waals surface area (Å²) in [6.07, 6.45) is -2.68. The Labute approximate surface area is 112 Å². The van der Waals surface area contributed by atoms with Gasteiger partial charge in [0.1, 0.15) is 0 Å². The third kappa shape index (κ3) is 4.37. The van der Waals surface area contributed by atoms with E-state index in [-0.39, 0.29) is 18.4 Å². The summed E-state index contributed by atoms with van der Waals surface area (Å²) in [6, 6.07) is -0.201. The molecule has 0 radical (unpaired) electrons. The Balaban J connectivity index is 2.67. The first-order valence-corrected chi connectivity index (χ1v) is 6.84. The maximum atomic E-state index is 12.9. The lowest BCUT2D eigenvalue weighted by Crippen LogP contribution is -2.47. The zero-order valence-electron chi connectivity index (χ0n) is 11.5. The first-order valence-electron chi connectivity index (χ1n) is 6.84. The van der Waals surface area contributed by atoms with Gasteiger partial charge in [0.05, 0.1) is 5.92 Å². The summed E-state index contributed by atoms with van der Waals surface area (Å²) < 4.78 is 38.7. The molecule has 0 aliphatic heterocycles. The second-order valence-corrected chi connectivity index (χ2v) is 5.55. The summed E-state index contributed by atoms with van der Waals surface area (Å²) >= 11 is 0. The highest BCUT2D eigenvalue weighted by molar-refractivity contribution is 5.79. The fourth-order valence-corrected chi connectivity index (χ4v) is 2.51. The Hall–Kier alpha value is -0.780. The minimum absolute atomic E-state index is 0.0527. The fourth-order valence-electron chi connectivity index (χ4n) is 2.51. The van der Waals surface area contributed by atoms with Crippen molar-refractivity contribution in [2.24, 2.45) is 23.5 Å². The monoisotopic (exact) mass is 280 g/mol. The van der Waals surface area contributed by atoms with Crippen molar-refractivity contribution in [2.45, 2.75) is 51.7 Å². The molecule has 1 aliphatic carbocycles. The Kier molecular flexibility index (Phi) is 5.64. The third-order valence-electron chi connectivity index (χ3n) is 4.12. The molecule has 1 aliphatic rings. The first-order chi connectivity index (χ1) is 8.77. The molecule has 112 valence electrons. The highest BCUT2D eigenvalue weighted by Crippen LogP contribution is 2.41. The van der Waals surface area contributed by atoms with E-state index in [1.54, 1.807) is 6.92 Å². The van der Waals surface area contributed by atoms with E-state index in [0.29, 0.717) is 25.8 Å². The highest BCUT2D eigenvalue weighted by atomic mass is 19.4. The predicted octanol–water partition coefficient (Wildman–Crippen LogP) is 2.45. The summed E-state index contributed by atoms with van der Waals surface area (Å²) in [4.78, 5) is 12.0. The van der Waals surface area contributed by atoms with E-state index in [9.17, 15) is 18.0 Å². The molecule has 0 spiro atoms. The zero-order chi connectivity index (χ0) is 14.6. The molecule has 0 aromatic rings. The van der Waals surface area contributed by atoms with Gasteiger partial charge in [-0.1, -0.05) is 19.8 Å². The van der Waals surface area contributed by atoms with Crippen LogP contribution in [0.25, 0.3) is 0 Å². The molecule has 1 saturated carbocycles. The van der Waals surface area contributed by atoms with Gasteiger partial charge in [0.2, 0.25) is 5.91 Å². The van der Waals surface area contributed by atoms with Crippen LogP contribution in [0.3, 0.4) is 0 Å². The van der Waals surface area contributed by atoms with Gasteiger partial charge >= 0.3 is 6.18 Å². The van der Waals surface area contributed by atoms with Crippen LogP contribution in [0.5, 0.6) is 0 Å². The summed E-state index contributed by atoms with van der Waals surface area (Å²) in [5, 5.41) is 2.68. The van der Waals surface area contributed by atoms with Crippen molar-refractivity contribution in [3.63, 3.8) is 0 Å². The van der Waals surface area contributed by atoms with E-state index in [2.05, 4.69) is 5.32 Å². The molecule has 4 atom stereocenters. The molecule has 1 rings (SSSR count). The number of nitrogens with two attached hydrogens (primary N) is 1. The van der Waals surface area contributed by atoms with Gasteiger partial charge in [-0.05, 0) is 32.2 Å². The van der Waals surface area contributed by atoms with Gasteiger partial charge in [-0.3, -0.25) is 4.79 Å². The predicted molar refractivity (Wildman–Crippen MR) is 67.3 cm³/mol. The Morgan fingerprint density at radius 2 is 1.89 bits per heavy atom. The van der Waals surface area contributed by atoms with E-state index in [0.717, 1.165) is 0 Å². The van der Waals surface area contributed by atoms with Crippen LogP contribution in [0.1, 0.15) is 39.5 Å². The number of alkyl halides is 3. The van der Waals surface area contributed by atoms with Crippen molar-refractivity contribution in [3.8, 4) is 0 Å². The molecule has 3 nitrogen and oxygen atoms in total. The van der Waals surface area contributed by atoms with Gasteiger partial charge in [-0.25, -0.2) is 0 Å². The van der Waals surface area contributed by atoms with Crippen LogP contribution < -0.4 is 11.1 Å². The van der Waals surface area contributed by atoms with E-state index in [4.69, 9.17) is 5.73 Å². The third-order valence-corrected chi connectivity index (χ3v) is 4.12. The molecule has 1 fully saturated rings. The van der Waals surface area contributed by atoms with Crippen LogP contribution in [-0.2, 0) is 4.79 Å². The number of rotatable bonds is 4. The second kappa shape index (κ2) is 6.59. The van der Waals surface area contributed by atoms with Gasteiger partial charge in [0.15, 0.2) is 0 Å². The first kappa shape index (κ1) is 16.3. The molecule has 0 heterocycles. The minimum atomic E-state index is -4.29. The fraction of sp³-hybridized carbons (Fsp3) is 0.923. The van der Waals surface area contributed by atoms with Crippen LogP contribution in [0.15, 0.2) is 0 Å². The molecule has 1 amide bonds. The second-order valence-electron chi connectivity index (χ2n) is 5.55. The number of halogens is 3. The molecule has 0 aromatic carbocycles. The van der Waals surface area contributed by atoms with Crippen LogP contribution in [0.4, 0.5) is 13.2 Å². The molecule has 0 bridgehead atoms. The quantitative estimate of drug-likeness (QED) is 0.831. The maximum absolute atomic E-state index is 12.9. The zero-order valence-corrected chi connectivity index (χ0v) is 11.5. The number of hydrogen-bond acceptors (Lipinski definition) is 2. The molecular formula is C13H23F3N2O. The van der Waals surface area contributed by atoms with Crippen molar-refractivity contribution in [1.29, 1.82) is 0 Å². The van der Waals surface area contributed by atoms with Crippen molar-refractivity contribution in [2.75, 3.05) is 6.54 Å². The topological polar surface area (TPSA) is 55.1 Å². The number of amides is 1.